The Morgan fingerprint density at radius 2 is 1.62 bits per heavy atom. The van der Waals surface area contributed by atoms with E-state index in [0.29, 0.717) is 12.1 Å². The molecule has 0 aromatic heterocycles. The van der Waals surface area contributed by atoms with Gasteiger partial charge in [-0.15, -0.1) is 0 Å². The first-order valence-electron chi connectivity index (χ1n) is 6.73. The highest BCUT2D eigenvalue weighted by Gasteiger charge is 2.36. The van der Waals surface area contributed by atoms with Crippen LogP contribution in [0.4, 0.5) is 0 Å². The lowest BCUT2D eigenvalue weighted by Gasteiger charge is -2.50. The second kappa shape index (κ2) is 5.05. The summed E-state index contributed by atoms with van der Waals surface area (Å²) in [6.07, 6.45) is 0. The van der Waals surface area contributed by atoms with Gasteiger partial charge in [0.15, 0.2) is 0 Å². The van der Waals surface area contributed by atoms with Crippen LogP contribution in [-0.4, -0.2) is 35.6 Å². The van der Waals surface area contributed by atoms with Crippen molar-refractivity contribution in [2.75, 3.05) is 13.1 Å². The van der Waals surface area contributed by atoms with Gasteiger partial charge in [-0.05, 0) is 32.6 Å². The van der Waals surface area contributed by atoms with Crippen molar-refractivity contribution < 1.29 is 0 Å². The molecule has 0 amide bonds. The molecule has 1 heterocycles. The first kappa shape index (κ1) is 14.0. The van der Waals surface area contributed by atoms with Gasteiger partial charge in [0, 0.05) is 30.7 Å². The summed E-state index contributed by atoms with van der Waals surface area (Å²) in [6, 6.07) is 1.32. The molecule has 0 aliphatic carbocycles. The van der Waals surface area contributed by atoms with E-state index >= 15 is 0 Å². The molecule has 2 nitrogen and oxygen atoms in total. The van der Waals surface area contributed by atoms with E-state index in [0.717, 1.165) is 18.4 Å². The smallest absolute Gasteiger partial charge is 0.0249 e. The number of hydrogen-bond acceptors (Lipinski definition) is 2. The van der Waals surface area contributed by atoms with Gasteiger partial charge in [0.1, 0.15) is 0 Å². The Hall–Kier alpha value is -0.0800. The lowest BCUT2D eigenvalue weighted by molar-refractivity contribution is 0.0118. The quantitative estimate of drug-likeness (QED) is 0.779. The van der Waals surface area contributed by atoms with E-state index in [9.17, 15) is 0 Å². The first-order chi connectivity index (χ1) is 7.23. The Kier molecular flexibility index (Phi) is 4.42. The Bertz CT molecular complexity index is 215. The minimum Gasteiger partial charge on any atom is -0.311 e. The maximum atomic E-state index is 3.71. The summed E-state index contributed by atoms with van der Waals surface area (Å²) in [7, 11) is 0. The molecule has 2 heteroatoms. The number of piperazine rings is 1. The molecule has 1 N–H and O–H groups in total. The van der Waals surface area contributed by atoms with Crippen molar-refractivity contribution in [2.24, 2.45) is 11.8 Å². The third-order valence-corrected chi connectivity index (χ3v) is 3.82. The van der Waals surface area contributed by atoms with Gasteiger partial charge in [-0.1, -0.05) is 27.7 Å². The van der Waals surface area contributed by atoms with Crippen molar-refractivity contribution in [1.29, 1.82) is 0 Å². The molecule has 0 radical (unpaired) electrons. The number of hydrogen-bond donors (Lipinski definition) is 1. The second-order valence-electron chi connectivity index (χ2n) is 6.89. The highest BCUT2D eigenvalue weighted by Crippen LogP contribution is 2.25. The van der Waals surface area contributed by atoms with Crippen molar-refractivity contribution in [3.63, 3.8) is 0 Å². The topological polar surface area (TPSA) is 15.3 Å². The van der Waals surface area contributed by atoms with Crippen LogP contribution in [0.1, 0.15) is 48.5 Å². The summed E-state index contributed by atoms with van der Waals surface area (Å²) in [6.45, 7) is 18.6. The molecule has 2 unspecified atom stereocenters. The highest BCUT2D eigenvalue weighted by molar-refractivity contribution is 4.94. The molecule has 1 saturated heterocycles. The zero-order valence-corrected chi connectivity index (χ0v) is 12.2. The van der Waals surface area contributed by atoms with Crippen LogP contribution in [0, 0.1) is 11.8 Å². The number of nitrogens with zero attached hydrogens (tertiary/aromatic N) is 1. The van der Waals surface area contributed by atoms with Gasteiger partial charge >= 0.3 is 0 Å². The maximum Gasteiger partial charge on any atom is 0.0249 e. The fraction of sp³-hybridized carbons (Fsp3) is 1.00. The van der Waals surface area contributed by atoms with Gasteiger partial charge in [0.05, 0.1) is 0 Å². The first-order valence-corrected chi connectivity index (χ1v) is 6.73. The summed E-state index contributed by atoms with van der Waals surface area (Å²) in [5.74, 6) is 1.44. The Labute approximate surface area is 102 Å². The molecule has 1 aliphatic heterocycles. The van der Waals surface area contributed by atoms with Crippen molar-refractivity contribution >= 4 is 0 Å². The molecule has 16 heavy (non-hydrogen) atoms. The summed E-state index contributed by atoms with van der Waals surface area (Å²) < 4.78 is 0. The van der Waals surface area contributed by atoms with Crippen LogP contribution in [0.15, 0.2) is 0 Å². The predicted octanol–water partition coefficient (Wildman–Crippen LogP) is 2.74. The van der Waals surface area contributed by atoms with Gasteiger partial charge in [-0.25, -0.2) is 0 Å². The Balaban J connectivity index is 2.78. The van der Waals surface area contributed by atoms with Crippen molar-refractivity contribution in [3.8, 4) is 0 Å². The van der Waals surface area contributed by atoms with E-state index in [-0.39, 0.29) is 5.54 Å². The monoisotopic (exact) mass is 226 g/mol. The summed E-state index contributed by atoms with van der Waals surface area (Å²) in [5.41, 5.74) is 0.282. The van der Waals surface area contributed by atoms with Crippen LogP contribution < -0.4 is 5.32 Å². The third kappa shape index (κ3) is 3.21. The van der Waals surface area contributed by atoms with Crippen molar-refractivity contribution in [2.45, 2.75) is 66.1 Å². The fourth-order valence-electron chi connectivity index (χ4n) is 2.61. The second-order valence-corrected chi connectivity index (χ2v) is 6.89. The van der Waals surface area contributed by atoms with Crippen molar-refractivity contribution in [3.05, 3.63) is 0 Å². The Morgan fingerprint density at radius 3 is 2.00 bits per heavy atom. The van der Waals surface area contributed by atoms with Gasteiger partial charge in [0.25, 0.3) is 0 Å². The average Bonchev–Trinajstić information content (AvgIpc) is 2.15. The van der Waals surface area contributed by atoms with Crippen LogP contribution in [0.25, 0.3) is 0 Å². The van der Waals surface area contributed by atoms with Crippen LogP contribution in [0.5, 0.6) is 0 Å². The molecule has 0 bridgehead atoms. The highest BCUT2D eigenvalue weighted by atomic mass is 15.3. The standard InChI is InChI=1S/C14H30N2/c1-10(2)12-9-16(14(5,6)7)13(8-15-12)11(3)4/h10-13,15H,8-9H2,1-7H3. The molecule has 1 fully saturated rings. The van der Waals surface area contributed by atoms with E-state index in [1.165, 1.54) is 6.54 Å². The van der Waals surface area contributed by atoms with Crippen LogP contribution in [0.3, 0.4) is 0 Å². The average molecular weight is 226 g/mol. The fourth-order valence-corrected chi connectivity index (χ4v) is 2.61. The maximum absolute atomic E-state index is 3.71. The number of nitrogens with one attached hydrogen (secondary N) is 1. The largest absolute Gasteiger partial charge is 0.311 e. The van der Waals surface area contributed by atoms with E-state index in [4.69, 9.17) is 0 Å². The lowest BCUT2D eigenvalue weighted by atomic mass is 9.89. The molecule has 1 rings (SSSR count). The van der Waals surface area contributed by atoms with E-state index in [1.54, 1.807) is 0 Å². The van der Waals surface area contributed by atoms with Crippen LogP contribution >= 0.6 is 0 Å². The summed E-state index contributed by atoms with van der Waals surface area (Å²) >= 11 is 0. The predicted molar refractivity (Wildman–Crippen MR) is 71.7 cm³/mol. The molecular weight excluding hydrogens is 196 g/mol. The molecule has 0 spiro atoms. The van der Waals surface area contributed by atoms with Crippen molar-refractivity contribution in [1.82, 2.24) is 10.2 Å². The van der Waals surface area contributed by atoms with E-state index in [2.05, 4.69) is 58.7 Å². The molecule has 0 aromatic carbocycles. The minimum absolute atomic E-state index is 0.282. The molecule has 96 valence electrons. The SMILES string of the molecule is CC(C)C1CN(C(C)(C)C)C(C(C)C)CN1. The molecular formula is C14H30N2. The summed E-state index contributed by atoms with van der Waals surface area (Å²) in [4.78, 5) is 2.69. The van der Waals surface area contributed by atoms with Crippen LogP contribution in [0.2, 0.25) is 0 Å². The molecule has 0 saturated carbocycles. The van der Waals surface area contributed by atoms with Gasteiger partial charge < -0.3 is 5.32 Å². The number of rotatable bonds is 2. The zero-order valence-electron chi connectivity index (χ0n) is 12.2. The van der Waals surface area contributed by atoms with E-state index in [1.807, 2.05) is 0 Å². The van der Waals surface area contributed by atoms with Gasteiger partial charge in [-0.3, -0.25) is 4.90 Å². The minimum atomic E-state index is 0.282. The van der Waals surface area contributed by atoms with Gasteiger partial charge in [-0.2, -0.15) is 0 Å². The molecule has 2 atom stereocenters. The molecule has 0 aromatic rings. The molecule has 1 aliphatic rings. The Morgan fingerprint density at radius 1 is 1.06 bits per heavy atom. The lowest BCUT2D eigenvalue weighted by Crippen LogP contribution is -2.64. The summed E-state index contributed by atoms with van der Waals surface area (Å²) in [5, 5.41) is 3.71. The normalized spacial score (nSPS) is 29.1. The third-order valence-electron chi connectivity index (χ3n) is 3.82. The zero-order chi connectivity index (χ0) is 12.5. The van der Waals surface area contributed by atoms with Gasteiger partial charge in [0.2, 0.25) is 0 Å². The van der Waals surface area contributed by atoms with E-state index < -0.39 is 0 Å². The van der Waals surface area contributed by atoms with Crippen LogP contribution in [-0.2, 0) is 0 Å².